The van der Waals surface area contributed by atoms with Crippen molar-refractivity contribution in [1.82, 2.24) is 20.2 Å². The third-order valence-electron chi connectivity index (χ3n) is 5.07. The zero-order valence-electron chi connectivity index (χ0n) is 15.1. The van der Waals surface area contributed by atoms with Crippen molar-refractivity contribution < 1.29 is 4.79 Å². The van der Waals surface area contributed by atoms with Crippen LogP contribution in [0.15, 0.2) is 6.07 Å². The molecule has 1 aliphatic heterocycles. The van der Waals surface area contributed by atoms with Crippen molar-refractivity contribution >= 4 is 11.7 Å². The molecule has 1 aromatic rings. The van der Waals surface area contributed by atoms with E-state index < -0.39 is 5.54 Å². The zero-order chi connectivity index (χ0) is 17.9. The SMILES string of the molecule is Cc1cc(N2CCN(CC(=O)NC3(C#N)CCCC3)CC2)nc(C)n1. The smallest absolute Gasteiger partial charge is 0.235 e. The second-order valence-electron chi connectivity index (χ2n) is 7.13. The van der Waals surface area contributed by atoms with Gasteiger partial charge in [0.25, 0.3) is 0 Å². The summed E-state index contributed by atoms with van der Waals surface area (Å²) in [6, 6.07) is 4.32. The van der Waals surface area contributed by atoms with Crippen LogP contribution in [0.25, 0.3) is 0 Å². The normalized spacial score (nSPS) is 20.3. The molecule has 0 aromatic carbocycles. The van der Waals surface area contributed by atoms with Gasteiger partial charge in [-0.25, -0.2) is 9.97 Å². The number of aryl methyl sites for hydroxylation is 2. The van der Waals surface area contributed by atoms with Crippen molar-refractivity contribution in [2.45, 2.75) is 45.1 Å². The Kier molecular flexibility index (Phi) is 5.19. The van der Waals surface area contributed by atoms with Gasteiger partial charge in [-0.1, -0.05) is 0 Å². The fourth-order valence-electron chi connectivity index (χ4n) is 3.75. The first kappa shape index (κ1) is 17.6. The van der Waals surface area contributed by atoms with Crippen LogP contribution in [0.5, 0.6) is 0 Å². The summed E-state index contributed by atoms with van der Waals surface area (Å²) in [6.07, 6.45) is 3.58. The Morgan fingerprint density at radius 1 is 1.24 bits per heavy atom. The number of hydrogen-bond acceptors (Lipinski definition) is 6. The molecule has 0 unspecified atom stereocenters. The van der Waals surface area contributed by atoms with E-state index in [0.717, 1.165) is 69.2 Å². The molecule has 2 fully saturated rings. The molecule has 0 atom stereocenters. The van der Waals surface area contributed by atoms with Crippen LogP contribution in [-0.4, -0.2) is 59.0 Å². The van der Waals surface area contributed by atoms with Crippen LogP contribution >= 0.6 is 0 Å². The Morgan fingerprint density at radius 3 is 2.52 bits per heavy atom. The number of piperazine rings is 1. The van der Waals surface area contributed by atoms with Crippen molar-refractivity contribution in [3.05, 3.63) is 17.6 Å². The molecule has 1 saturated heterocycles. The molecule has 2 aliphatic rings. The minimum absolute atomic E-state index is 0.0365. The Hall–Kier alpha value is -2.20. The molecular weight excluding hydrogens is 316 g/mol. The van der Waals surface area contributed by atoms with Crippen molar-refractivity contribution in [3.63, 3.8) is 0 Å². The van der Waals surface area contributed by atoms with E-state index in [1.54, 1.807) is 0 Å². The minimum Gasteiger partial charge on any atom is -0.354 e. The maximum Gasteiger partial charge on any atom is 0.235 e. The molecule has 0 spiro atoms. The Labute approximate surface area is 149 Å². The summed E-state index contributed by atoms with van der Waals surface area (Å²) in [5.41, 5.74) is 0.345. The van der Waals surface area contributed by atoms with Crippen LogP contribution in [0, 0.1) is 25.2 Å². The standard InChI is InChI=1S/C18H26N6O/c1-14-11-16(21-15(2)20-14)24-9-7-23(8-10-24)12-17(25)22-18(13-19)5-3-4-6-18/h11H,3-10,12H2,1-2H3,(H,22,25). The summed E-state index contributed by atoms with van der Waals surface area (Å²) in [7, 11) is 0. The molecule has 7 heteroatoms. The van der Waals surface area contributed by atoms with Gasteiger partial charge in [0.1, 0.15) is 17.2 Å². The summed E-state index contributed by atoms with van der Waals surface area (Å²) in [5.74, 6) is 1.71. The van der Waals surface area contributed by atoms with E-state index in [1.165, 1.54) is 0 Å². The summed E-state index contributed by atoms with van der Waals surface area (Å²) in [5, 5.41) is 12.4. The number of aromatic nitrogens is 2. The van der Waals surface area contributed by atoms with Gasteiger partial charge in [0.05, 0.1) is 12.6 Å². The van der Waals surface area contributed by atoms with Gasteiger partial charge >= 0.3 is 0 Å². The molecule has 1 N–H and O–H groups in total. The summed E-state index contributed by atoms with van der Waals surface area (Å²) in [6.45, 7) is 7.56. The molecule has 25 heavy (non-hydrogen) atoms. The van der Waals surface area contributed by atoms with Gasteiger partial charge in [-0.2, -0.15) is 5.26 Å². The van der Waals surface area contributed by atoms with Crippen LogP contribution in [0.4, 0.5) is 5.82 Å². The van der Waals surface area contributed by atoms with Gasteiger partial charge in [0, 0.05) is 37.9 Å². The quantitative estimate of drug-likeness (QED) is 0.884. The number of carbonyl (C=O) groups excluding carboxylic acids is 1. The topological polar surface area (TPSA) is 85.1 Å². The number of rotatable bonds is 4. The zero-order valence-corrected chi connectivity index (χ0v) is 15.1. The number of carbonyl (C=O) groups is 1. The van der Waals surface area contributed by atoms with Crippen molar-refractivity contribution in [1.29, 1.82) is 5.26 Å². The number of nitriles is 1. The third-order valence-corrected chi connectivity index (χ3v) is 5.07. The molecule has 3 rings (SSSR count). The number of nitrogens with zero attached hydrogens (tertiary/aromatic N) is 5. The maximum atomic E-state index is 12.3. The van der Waals surface area contributed by atoms with E-state index in [4.69, 9.17) is 0 Å². The maximum absolute atomic E-state index is 12.3. The largest absolute Gasteiger partial charge is 0.354 e. The Balaban J connectivity index is 1.51. The molecule has 1 aliphatic carbocycles. The van der Waals surface area contributed by atoms with E-state index in [2.05, 4.69) is 31.2 Å². The van der Waals surface area contributed by atoms with Gasteiger partial charge in [0.2, 0.25) is 5.91 Å². The fraction of sp³-hybridized carbons (Fsp3) is 0.667. The Bertz CT molecular complexity index is 648. The first-order valence-electron chi connectivity index (χ1n) is 9.01. The molecule has 7 nitrogen and oxygen atoms in total. The van der Waals surface area contributed by atoms with Gasteiger partial charge in [-0.3, -0.25) is 9.69 Å². The van der Waals surface area contributed by atoms with Gasteiger partial charge in [-0.15, -0.1) is 0 Å². The number of amides is 1. The monoisotopic (exact) mass is 342 g/mol. The lowest BCUT2D eigenvalue weighted by atomic mass is 10.00. The second-order valence-corrected chi connectivity index (χ2v) is 7.13. The molecular formula is C18H26N6O. The highest BCUT2D eigenvalue weighted by atomic mass is 16.2. The molecule has 1 aromatic heterocycles. The second kappa shape index (κ2) is 7.36. The van der Waals surface area contributed by atoms with E-state index in [9.17, 15) is 10.1 Å². The third kappa shape index (κ3) is 4.26. The molecule has 1 amide bonds. The summed E-state index contributed by atoms with van der Waals surface area (Å²) in [4.78, 5) is 25.6. The predicted molar refractivity (Wildman–Crippen MR) is 95.1 cm³/mol. The van der Waals surface area contributed by atoms with Crippen molar-refractivity contribution in [2.24, 2.45) is 0 Å². The lowest BCUT2D eigenvalue weighted by Crippen LogP contribution is -2.53. The highest BCUT2D eigenvalue weighted by molar-refractivity contribution is 5.79. The average Bonchev–Trinajstić information content (AvgIpc) is 3.03. The average molecular weight is 342 g/mol. The molecule has 0 radical (unpaired) electrons. The van der Waals surface area contributed by atoms with Crippen LogP contribution < -0.4 is 10.2 Å². The summed E-state index contributed by atoms with van der Waals surface area (Å²) < 4.78 is 0. The number of hydrogen-bond donors (Lipinski definition) is 1. The highest BCUT2D eigenvalue weighted by Gasteiger charge is 2.35. The fourth-order valence-corrected chi connectivity index (χ4v) is 3.75. The van der Waals surface area contributed by atoms with Gasteiger partial charge < -0.3 is 10.2 Å². The van der Waals surface area contributed by atoms with Crippen LogP contribution in [0.1, 0.15) is 37.2 Å². The lowest BCUT2D eigenvalue weighted by Gasteiger charge is -2.35. The Morgan fingerprint density at radius 2 is 1.92 bits per heavy atom. The van der Waals surface area contributed by atoms with E-state index in [-0.39, 0.29) is 5.91 Å². The van der Waals surface area contributed by atoms with Crippen LogP contribution in [0.3, 0.4) is 0 Å². The van der Waals surface area contributed by atoms with E-state index in [1.807, 2.05) is 19.9 Å². The van der Waals surface area contributed by atoms with Crippen molar-refractivity contribution in [2.75, 3.05) is 37.6 Å². The van der Waals surface area contributed by atoms with Crippen molar-refractivity contribution in [3.8, 4) is 6.07 Å². The van der Waals surface area contributed by atoms with Crippen LogP contribution in [0.2, 0.25) is 0 Å². The van der Waals surface area contributed by atoms with E-state index in [0.29, 0.717) is 6.54 Å². The van der Waals surface area contributed by atoms with E-state index >= 15 is 0 Å². The first-order chi connectivity index (χ1) is 12.0. The molecule has 1 saturated carbocycles. The van der Waals surface area contributed by atoms with Crippen LogP contribution in [-0.2, 0) is 4.79 Å². The van der Waals surface area contributed by atoms with Gasteiger partial charge in [0.15, 0.2) is 0 Å². The predicted octanol–water partition coefficient (Wildman–Crippen LogP) is 1.17. The number of nitrogens with one attached hydrogen (secondary N) is 1. The molecule has 2 heterocycles. The molecule has 0 bridgehead atoms. The minimum atomic E-state index is -0.630. The molecule has 134 valence electrons. The van der Waals surface area contributed by atoms with Gasteiger partial charge in [-0.05, 0) is 39.5 Å². The number of anilines is 1. The highest BCUT2D eigenvalue weighted by Crippen LogP contribution is 2.28. The first-order valence-corrected chi connectivity index (χ1v) is 9.01. The lowest BCUT2D eigenvalue weighted by molar-refractivity contribution is -0.123. The summed E-state index contributed by atoms with van der Waals surface area (Å²) >= 11 is 0.